The number of alkyl halides is 1. The van der Waals surface area contributed by atoms with E-state index in [0.29, 0.717) is 12.0 Å². The second kappa shape index (κ2) is 16.3. The molecule has 0 N–H and O–H groups in total. The largest absolute Gasteiger partial charge is 0.500 e. The summed E-state index contributed by atoms with van der Waals surface area (Å²) in [5.41, 5.74) is 0. The van der Waals surface area contributed by atoms with Crippen LogP contribution in [0.5, 0.6) is 0 Å². The average Bonchev–Trinajstić information content (AvgIpc) is 3.48. The molecule has 0 aromatic carbocycles. The molecule has 0 aliphatic carbocycles. The van der Waals surface area contributed by atoms with Gasteiger partial charge >= 0.3 is 17.4 Å². The molecule has 164 valence electrons. The summed E-state index contributed by atoms with van der Waals surface area (Å²) < 4.78 is 37.6. The molecule has 1 saturated heterocycles. The first-order valence-corrected chi connectivity index (χ1v) is 14.6. The van der Waals surface area contributed by atoms with E-state index >= 15 is 0 Å². The fraction of sp³-hybridized carbons (Fsp3) is 1.00. The van der Waals surface area contributed by atoms with Crippen LogP contribution >= 0.6 is 11.6 Å². The van der Waals surface area contributed by atoms with Crippen molar-refractivity contribution in [3.8, 4) is 0 Å². The molecular formula is C17H39ClO7Si2. The topological polar surface area (TPSA) is 67.9 Å². The molecule has 1 aliphatic heterocycles. The van der Waals surface area contributed by atoms with E-state index in [0.717, 1.165) is 58.0 Å². The van der Waals surface area contributed by atoms with Crippen molar-refractivity contribution < 1.29 is 31.6 Å². The highest BCUT2D eigenvalue weighted by Gasteiger charge is 2.36. The van der Waals surface area contributed by atoms with Crippen LogP contribution in [0.2, 0.25) is 18.6 Å². The number of epoxide rings is 1. The van der Waals surface area contributed by atoms with Gasteiger partial charge in [-0.25, -0.2) is 0 Å². The Hall–Kier alpha value is 0.444. The summed E-state index contributed by atoms with van der Waals surface area (Å²) >= 11 is 5.53. The molecule has 10 heteroatoms. The van der Waals surface area contributed by atoms with Crippen molar-refractivity contribution in [3.63, 3.8) is 0 Å². The van der Waals surface area contributed by atoms with Crippen LogP contribution in [0.25, 0.3) is 0 Å². The van der Waals surface area contributed by atoms with Gasteiger partial charge in [0.2, 0.25) is 0 Å². The molecule has 0 aromatic rings. The summed E-state index contributed by atoms with van der Waals surface area (Å²) in [6.45, 7) is 10.0. The molecular weight excluding hydrogens is 408 g/mol. The summed E-state index contributed by atoms with van der Waals surface area (Å²) in [5.74, 6) is 0.616. The third kappa shape index (κ3) is 13.3. The van der Waals surface area contributed by atoms with Gasteiger partial charge in [-0.1, -0.05) is 0 Å². The standard InChI is InChI=1S/C11H24O4Si.C6H15ClO3Si/c1-4-14-16(3,15-5-2)8-6-7-12-9-11-10-13-11;1-8-11(9-2,10-3)6-4-5-7/h11H,4-10H2,1-3H3;4-6H2,1-3H3. The lowest BCUT2D eigenvalue weighted by Gasteiger charge is -2.25. The predicted molar refractivity (Wildman–Crippen MR) is 112 cm³/mol. The Morgan fingerprint density at radius 3 is 1.93 bits per heavy atom. The van der Waals surface area contributed by atoms with Gasteiger partial charge in [-0.15, -0.1) is 11.6 Å². The lowest BCUT2D eigenvalue weighted by atomic mass is 10.5. The van der Waals surface area contributed by atoms with Gasteiger partial charge in [-0.2, -0.15) is 0 Å². The quantitative estimate of drug-likeness (QED) is 0.156. The Bertz CT molecular complexity index is 331. The third-order valence-electron chi connectivity index (χ3n) is 4.07. The molecule has 0 saturated carbocycles. The van der Waals surface area contributed by atoms with E-state index in [2.05, 4.69) is 6.55 Å². The summed E-state index contributed by atoms with van der Waals surface area (Å²) in [6, 6.07) is 1.78. The van der Waals surface area contributed by atoms with Crippen molar-refractivity contribution in [2.75, 3.05) is 60.2 Å². The fourth-order valence-electron chi connectivity index (χ4n) is 2.51. The summed E-state index contributed by atoms with van der Waals surface area (Å²) in [7, 11) is 0.569. The van der Waals surface area contributed by atoms with Gasteiger partial charge in [0.15, 0.2) is 0 Å². The molecule has 1 fully saturated rings. The van der Waals surface area contributed by atoms with Gasteiger partial charge in [-0.3, -0.25) is 0 Å². The minimum absolute atomic E-state index is 0.363. The molecule has 0 amide bonds. The lowest BCUT2D eigenvalue weighted by molar-refractivity contribution is 0.113. The number of hydrogen-bond acceptors (Lipinski definition) is 7. The number of halogens is 1. The molecule has 1 aliphatic rings. The van der Waals surface area contributed by atoms with Crippen LogP contribution in [-0.4, -0.2) is 83.7 Å². The minimum Gasteiger partial charge on any atom is -0.395 e. The molecule has 0 radical (unpaired) electrons. The maximum Gasteiger partial charge on any atom is 0.500 e. The predicted octanol–water partition coefficient (Wildman–Crippen LogP) is 3.43. The molecule has 7 nitrogen and oxygen atoms in total. The van der Waals surface area contributed by atoms with E-state index in [1.165, 1.54) is 0 Å². The van der Waals surface area contributed by atoms with Crippen LogP contribution in [0.15, 0.2) is 0 Å². The highest BCUT2D eigenvalue weighted by atomic mass is 35.5. The van der Waals surface area contributed by atoms with Crippen LogP contribution in [0.1, 0.15) is 26.7 Å². The van der Waals surface area contributed by atoms with Gasteiger partial charge in [-0.05, 0) is 39.3 Å². The van der Waals surface area contributed by atoms with Gasteiger partial charge in [0, 0.05) is 53.1 Å². The number of rotatable bonds is 16. The maximum absolute atomic E-state index is 5.75. The first-order valence-electron chi connectivity index (χ1n) is 9.63. The zero-order valence-corrected chi connectivity index (χ0v) is 20.6. The summed E-state index contributed by atoms with van der Waals surface area (Å²) in [4.78, 5) is 0. The molecule has 0 bridgehead atoms. The molecule has 1 unspecified atom stereocenters. The molecule has 1 rings (SSSR count). The van der Waals surface area contributed by atoms with E-state index in [1.807, 2.05) is 13.8 Å². The zero-order valence-electron chi connectivity index (χ0n) is 17.9. The van der Waals surface area contributed by atoms with Gasteiger partial charge in [0.1, 0.15) is 6.10 Å². The van der Waals surface area contributed by atoms with Crippen LogP contribution in [-0.2, 0) is 31.6 Å². The Kier molecular flexibility index (Phi) is 16.5. The highest BCUT2D eigenvalue weighted by molar-refractivity contribution is 6.66. The first-order chi connectivity index (χ1) is 12.9. The minimum atomic E-state index is -2.32. The van der Waals surface area contributed by atoms with Crippen molar-refractivity contribution in [2.45, 2.75) is 51.4 Å². The van der Waals surface area contributed by atoms with Crippen LogP contribution in [0, 0.1) is 0 Å². The van der Waals surface area contributed by atoms with Crippen molar-refractivity contribution in [1.82, 2.24) is 0 Å². The SMILES string of the molecule is CCO[Si](C)(CCCOCC1CO1)OCC.CO[Si](CCCCl)(OC)OC. The average molecular weight is 447 g/mol. The van der Waals surface area contributed by atoms with Crippen LogP contribution in [0.3, 0.4) is 0 Å². The Balaban J connectivity index is 0.000000541. The monoisotopic (exact) mass is 446 g/mol. The second-order valence-corrected chi connectivity index (χ2v) is 13.0. The van der Waals surface area contributed by atoms with E-state index in [4.69, 9.17) is 43.2 Å². The maximum atomic E-state index is 5.75. The van der Waals surface area contributed by atoms with Gasteiger partial charge in [0.25, 0.3) is 0 Å². The van der Waals surface area contributed by atoms with Crippen molar-refractivity contribution in [1.29, 1.82) is 0 Å². The molecule has 1 heterocycles. The highest BCUT2D eigenvalue weighted by Crippen LogP contribution is 2.17. The zero-order chi connectivity index (χ0) is 20.6. The van der Waals surface area contributed by atoms with Gasteiger partial charge in [0.05, 0.1) is 13.2 Å². The molecule has 0 aromatic heterocycles. The molecule has 1 atom stereocenters. The third-order valence-corrected chi connectivity index (χ3v) is 10.2. The second-order valence-electron chi connectivity index (χ2n) is 6.22. The lowest BCUT2D eigenvalue weighted by Crippen LogP contribution is -2.42. The van der Waals surface area contributed by atoms with E-state index in [-0.39, 0.29) is 0 Å². The summed E-state index contributed by atoms with van der Waals surface area (Å²) in [5, 5.41) is 0. The van der Waals surface area contributed by atoms with Crippen LogP contribution in [0.4, 0.5) is 0 Å². The smallest absolute Gasteiger partial charge is 0.395 e. The van der Waals surface area contributed by atoms with Gasteiger partial charge < -0.3 is 31.6 Å². The molecule has 27 heavy (non-hydrogen) atoms. The first kappa shape index (κ1) is 27.4. The van der Waals surface area contributed by atoms with Crippen LogP contribution < -0.4 is 0 Å². The van der Waals surface area contributed by atoms with Crippen molar-refractivity contribution in [2.24, 2.45) is 0 Å². The fourth-order valence-corrected chi connectivity index (χ4v) is 6.97. The van der Waals surface area contributed by atoms with Crippen molar-refractivity contribution in [3.05, 3.63) is 0 Å². The van der Waals surface area contributed by atoms with E-state index in [1.54, 1.807) is 21.3 Å². The number of ether oxygens (including phenoxy) is 2. The Morgan fingerprint density at radius 1 is 0.963 bits per heavy atom. The molecule has 0 spiro atoms. The summed E-state index contributed by atoms with van der Waals surface area (Å²) in [6.07, 6.45) is 2.24. The normalized spacial score (nSPS) is 16.8. The number of hydrogen-bond donors (Lipinski definition) is 0. The van der Waals surface area contributed by atoms with Crippen molar-refractivity contribution >= 4 is 29.0 Å². The van der Waals surface area contributed by atoms with E-state index < -0.39 is 17.4 Å². The Morgan fingerprint density at radius 2 is 1.52 bits per heavy atom. The van der Waals surface area contributed by atoms with E-state index in [9.17, 15) is 0 Å². The Labute approximate surface area is 172 Å².